The van der Waals surface area contributed by atoms with E-state index in [9.17, 15) is 8.42 Å². The molecular formula is C12H19N5O2S2. The molecule has 0 radical (unpaired) electrons. The first kappa shape index (κ1) is 14.8. The normalized spacial score (nSPS) is 19.0. The summed E-state index contributed by atoms with van der Waals surface area (Å²) in [5.41, 5.74) is 0. The van der Waals surface area contributed by atoms with Crippen molar-refractivity contribution in [3.8, 4) is 0 Å². The van der Waals surface area contributed by atoms with Crippen molar-refractivity contribution in [2.24, 2.45) is 0 Å². The smallest absolute Gasteiger partial charge is 0.262 e. The van der Waals surface area contributed by atoms with Gasteiger partial charge in [-0.2, -0.15) is 4.31 Å². The number of nitrogens with zero attached hydrogens (tertiary/aromatic N) is 4. The van der Waals surface area contributed by atoms with Crippen LogP contribution in [0.5, 0.6) is 0 Å². The number of fused-ring (bicyclic) bond motifs is 1. The number of thiazole rings is 1. The number of hydrogen-bond acceptors (Lipinski definition) is 6. The Kier molecular flexibility index (Phi) is 3.91. The van der Waals surface area contributed by atoms with E-state index < -0.39 is 10.0 Å². The number of hydrogen-bond donors (Lipinski definition) is 1. The van der Waals surface area contributed by atoms with Crippen molar-refractivity contribution in [1.29, 1.82) is 0 Å². The third-order valence-electron chi connectivity index (χ3n) is 3.72. The molecule has 0 aliphatic carbocycles. The number of likely N-dealkylation sites (N-methyl/N-ethyl adjacent to an activating group) is 1. The molecule has 1 aliphatic rings. The van der Waals surface area contributed by atoms with Crippen LogP contribution in [0.15, 0.2) is 16.6 Å². The molecule has 1 aliphatic heterocycles. The van der Waals surface area contributed by atoms with Gasteiger partial charge >= 0.3 is 0 Å². The average molecular weight is 329 g/mol. The fourth-order valence-corrected chi connectivity index (χ4v) is 5.06. The summed E-state index contributed by atoms with van der Waals surface area (Å²) in [5.74, 6) is 0.416. The van der Waals surface area contributed by atoms with Gasteiger partial charge in [0, 0.05) is 38.3 Å². The SMILES string of the molecule is CNc1nc2sccn2c1S(=O)(=O)N1CCCN(C)CC1. The first-order chi connectivity index (χ1) is 10.0. The lowest BCUT2D eigenvalue weighted by atomic mass is 10.4. The molecule has 0 bridgehead atoms. The maximum Gasteiger partial charge on any atom is 0.262 e. The molecule has 1 saturated heterocycles. The molecule has 3 heterocycles. The zero-order chi connectivity index (χ0) is 15.0. The van der Waals surface area contributed by atoms with Crippen LogP contribution in [0.25, 0.3) is 4.96 Å². The average Bonchev–Trinajstić information content (AvgIpc) is 2.94. The van der Waals surface area contributed by atoms with Gasteiger partial charge in [-0.3, -0.25) is 4.40 Å². The molecule has 0 aromatic carbocycles. The van der Waals surface area contributed by atoms with E-state index >= 15 is 0 Å². The standard InChI is InChI=1S/C12H19N5O2S2/c1-13-10-11(17-8-9-20-12(17)14-10)21(18,19)16-5-3-4-15(2)6-7-16/h8-9,13H,3-7H2,1-2H3. The van der Waals surface area contributed by atoms with E-state index in [1.54, 1.807) is 22.0 Å². The molecule has 3 rings (SSSR count). The van der Waals surface area contributed by atoms with Crippen LogP contribution in [-0.4, -0.2) is 67.3 Å². The summed E-state index contributed by atoms with van der Waals surface area (Å²) in [6, 6.07) is 0. The van der Waals surface area contributed by atoms with Gasteiger partial charge in [0.15, 0.2) is 15.8 Å². The van der Waals surface area contributed by atoms with Crippen LogP contribution in [0.2, 0.25) is 0 Å². The van der Waals surface area contributed by atoms with Gasteiger partial charge in [0.25, 0.3) is 10.0 Å². The molecule has 1 fully saturated rings. The lowest BCUT2D eigenvalue weighted by Gasteiger charge is -2.20. The predicted octanol–water partition coefficient (Wildman–Crippen LogP) is 0.764. The predicted molar refractivity (Wildman–Crippen MR) is 83.5 cm³/mol. The summed E-state index contributed by atoms with van der Waals surface area (Å²) < 4.78 is 29.2. The van der Waals surface area contributed by atoms with E-state index in [0.29, 0.717) is 23.9 Å². The Morgan fingerprint density at radius 1 is 1.29 bits per heavy atom. The van der Waals surface area contributed by atoms with Gasteiger partial charge in [-0.1, -0.05) is 0 Å². The maximum atomic E-state index is 13.0. The Labute approximate surface area is 128 Å². The van der Waals surface area contributed by atoms with Crippen molar-refractivity contribution >= 4 is 32.1 Å². The van der Waals surface area contributed by atoms with Gasteiger partial charge in [-0.05, 0) is 20.0 Å². The molecule has 2 aromatic rings. The van der Waals surface area contributed by atoms with E-state index in [-0.39, 0.29) is 5.03 Å². The van der Waals surface area contributed by atoms with Crippen LogP contribution in [0.1, 0.15) is 6.42 Å². The number of rotatable bonds is 3. The number of anilines is 1. The van der Waals surface area contributed by atoms with E-state index in [4.69, 9.17) is 0 Å². The minimum Gasteiger partial charge on any atom is -0.371 e. The molecule has 21 heavy (non-hydrogen) atoms. The molecule has 0 unspecified atom stereocenters. The lowest BCUT2D eigenvalue weighted by Crippen LogP contribution is -2.35. The fraction of sp³-hybridized carbons (Fsp3) is 0.583. The van der Waals surface area contributed by atoms with E-state index in [2.05, 4.69) is 15.2 Å². The van der Waals surface area contributed by atoms with Crippen molar-refractivity contribution in [3.05, 3.63) is 11.6 Å². The van der Waals surface area contributed by atoms with Crippen molar-refractivity contribution in [2.75, 3.05) is 45.6 Å². The molecule has 2 aromatic heterocycles. The van der Waals surface area contributed by atoms with Gasteiger partial charge in [-0.15, -0.1) is 11.3 Å². The monoisotopic (exact) mass is 329 g/mol. The van der Waals surface area contributed by atoms with Crippen molar-refractivity contribution in [3.63, 3.8) is 0 Å². The van der Waals surface area contributed by atoms with Gasteiger partial charge in [-0.25, -0.2) is 13.4 Å². The molecule has 0 spiro atoms. The molecule has 0 atom stereocenters. The highest BCUT2D eigenvalue weighted by Gasteiger charge is 2.32. The Morgan fingerprint density at radius 2 is 2.10 bits per heavy atom. The molecule has 0 saturated carbocycles. The topological polar surface area (TPSA) is 70.0 Å². The van der Waals surface area contributed by atoms with Crippen LogP contribution in [0, 0.1) is 0 Å². The quantitative estimate of drug-likeness (QED) is 0.900. The zero-order valence-corrected chi connectivity index (χ0v) is 13.7. The molecule has 116 valence electrons. The largest absolute Gasteiger partial charge is 0.371 e. The van der Waals surface area contributed by atoms with E-state index in [1.165, 1.54) is 11.3 Å². The third-order valence-corrected chi connectivity index (χ3v) is 6.40. The Hall–Kier alpha value is -1.16. The van der Waals surface area contributed by atoms with Crippen LogP contribution in [-0.2, 0) is 10.0 Å². The second kappa shape index (κ2) is 5.56. The van der Waals surface area contributed by atoms with Gasteiger partial charge in [0.05, 0.1) is 0 Å². The number of nitrogens with one attached hydrogen (secondary N) is 1. The fourth-order valence-electron chi connectivity index (χ4n) is 2.56. The van der Waals surface area contributed by atoms with Gasteiger partial charge in [0.2, 0.25) is 0 Å². The summed E-state index contributed by atoms with van der Waals surface area (Å²) in [4.78, 5) is 7.19. The van der Waals surface area contributed by atoms with Crippen molar-refractivity contribution < 1.29 is 8.42 Å². The number of imidazole rings is 1. The summed E-state index contributed by atoms with van der Waals surface area (Å²) >= 11 is 1.43. The molecule has 1 N–H and O–H groups in total. The number of aromatic nitrogens is 2. The number of sulfonamides is 1. The molecular weight excluding hydrogens is 310 g/mol. The van der Waals surface area contributed by atoms with Crippen LogP contribution < -0.4 is 5.32 Å². The lowest BCUT2D eigenvalue weighted by molar-refractivity contribution is 0.347. The summed E-state index contributed by atoms with van der Waals surface area (Å²) in [5, 5.41) is 4.98. The minimum atomic E-state index is -3.55. The van der Waals surface area contributed by atoms with E-state index in [0.717, 1.165) is 19.5 Å². The highest BCUT2D eigenvalue weighted by molar-refractivity contribution is 7.89. The molecule has 9 heteroatoms. The highest BCUT2D eigenvalue weighted by Crippen LogP contribution is 2.28. The maximum absolute atomic E-state index is 13.0. The summed E-state index contributed by atoms with van der Waals surface area (Å²) in [6.07, 6.45) is 2.60. The minimum absolute atomic E-state index is 0.241. The highest BCUT2D eigenvalue weighted by atomic mass is 32.2. The molecule has 7 nitrogen and oxygen atoms in total. The Morgan fingerprint density at radius 3 is 2.86 bits per heavy atom. The van der Waals surface area contributed by atoms with Crippen LogP contribution in [0.3, 0.4) is 0 Å². The Balaban J connectivity index is 2.05. The Bertz CT molecular complexity index is 736. The second-order valence-electron chi connectivity index (χ2n) is 5.13. The first-order valence-electron chi connectivity index (χ1n) is 6.86. The second-order valence-corrected chi connectivity index (χ2v) is 7.86. The van der Waals surface area contributed by atoms with Crippen LogP contribution >= 0.6 is 11.3 Å². The van der Waals surface area contributed by atoms with Gasteiger partial charge < -0.3 is 10.2 Å². The van der Waals surface area contributed by atoms with Gasteiger partial charge in [0.1, 0.15) is 0 Å². The summed E-state index contributed by atoms with van der Waals surface area (Å²) in [7, 11) is 0.162. The molecule has 0 amide bonds. The summed E-state index contributed by atoms with van der Waals surface area (Å²) in [6.45, 7) is 2.73. The third kappa shape index (κ3) is 2.54. The first-order valence-corrected chi connectivity index (χ1v) is 9.18. The van der Waals surface area contributed by atoms with Crippen molar-refractivity contribution in [1.82, 2.24) is 18.6 Å². The zero-order valence-electron chi connectivity index (χ0n) is 12.1. The van der Waals surface area contributed by atoms with Crippen molar-refractivity contribution in [2.45, 2.75) is 11.4 Å². The van der Waals surface area contributed by atoms with Crippen LogP contribution in [0.4, 0.5) is 5.82 Å². The van der Waals surface area contributed by atoms with E-state index in [1.807, 2.05) is 12.4 Å².